The molecular formula is C48H42Cl2FN5O5. The van der Waals surface area contributed by atoms with Gasteiger partial charge in [0.05, 0.1) is 11.1 Å². The molecule has 4 aromatic carbocycles. The van der Waals surface area contributed by atoms with Gasteiger partial charge in [0, 0.05) is 69.6 Å². The Morgan fingerprint density at radius 2 is 1.72 bits per heavy atom. The summed E-state index contributed by atoms with van der Waals surface area (Å²) in [6, 6.07) is 20.2. The first-order valence-corrected chi connectivity index (χ1v) is 21.3. The van der Waals surface area contributed by atoms with E-state index in [9.17, 15) is 24.0 Å². The topological polar surface area (TPSA) is 137 Å². The molecule has 4 N–H and O–H groups in total. The van der Waals surface area contributed by atoms with Crippen LogP contribution in [0, 0.1) is 17.7 Å². The molecule has 1 saturated carbocycles. The minimum absolute atomic E-state index is 0.109. The number of piperidine rings is 1. The Morgan fingerprint density at radius 3 is 2.49 bits per heavy atom. The fraction of sp³-hybridized carbons (Fsp3) is 0.312. The van der Waals surface area contributed by atoms with Crippen molar-refractivity contribution in [1.82, 2.24) is 15.5 Å². The van der Waals surface area contributed by atoms with Crippen LogP contribution in [0.25, 0.3) is 0 Å². The Bertz CT molecular complexity index is 2610. The molecular weight excluding hydrogens is 816 g/mol. The van der Waals surface area contributed by atoms with Gasteiger partial charge in [-0.25, -0.2) is 4.39 Å². The monoisotopic (exact) mass is 857 g/mol. The lowest BCUT2D eigenvalue weighted by atomic mass is 9.55. The number of anilines is 2. The quantitative estimate of drug-likeness (QED) is 0.109. The zero-order valence-electron chi connectivity index (χ0n) is 33.1. The number of hydrogen-bond acceptors (Lipinski definition) is 6. The SMILES string of the molecule is C=C1CCC(N2Cc3c(C#CCCC(=O)c4ccc(NC(=O)[C@@H]5NC6(CCCCC6)[C@@]6(C(=O)Nc7cc(Cl)ccc76)[C@H]5c5cccc(Cl)c5F)cc4)cccc3C2=O)C(=O)N1. The van der Waals surface area contributed by atoms with Gasteiger partial charge in [-0.1, -0.05) is 85.1 Å². The first-order chi connectivity index (χ1) is 29.4. The number of allylic oxidation sites excluding steroid dienone is 1. The Morgan fingerprint density at radius 1 is 0.951 bits per heavy atom. The second-order valence-electron chi connectivity index (χ2n) is 16.5. The largest absolute Gasteiger partial charge is 0.329 e. The Hall–Kier alpha value is -5.80. The van der Waals surface area contributed by atoms with E-state index in [1.165, 1.54) is 6.07 Å². The lowest BCUT2D eigenvalue weighted by Gasteiger charge is -2.47. The summed E-state index contributed by atoms with van der Waals surface area (Å²) in [6.07, 6.45) is 5.32. The number of halogens is 3. The molecule has 0 radical (unpaired) electrons. The molecule has 1 aliphatic carbocycles. The number of nitrogens with zero attached hydrogens (tertiary/aromatic N) is 1. The van der Waals surface area contributed by atoms with Gasteiger partial charge in [-0.3, -0.25) is 29.3 Å². The van der Waals surface area contributed by atoms with E-state index < -0.39 is 40.7 Å². The van der Waals surface area contributed by atoms with Crippen LogP contribution in [-0.2, 0) is 26.3 Å². The van der Waals surface area contributed by atoms with Crippen LogP contribution in [0.15, 0.2) is 91.1 Å². The fourth-order valence-corrected chi connectivity index (χ4v) is 10.8. The third-order valence-corrected chi connectivity index (χ3v) is 13.7. The first kappa shape index (κ1) is 40.6. The summed E-state index contributed by atoms with van der Waals surface area (Å²) in [5, 5.41) is 12.7. The maximum Gasteiger partial charge on any atom is 0.255 e. The first-order valence-electron chi connectivity index (χ1n) is 20.6. The summed E-state index contributed by atoms with van der Waals surface area (Å²) in [4.78, 5) is 69.9. The van der Waals surface area contributed by atoms with E-state index in [2.05, 4.69) is 39.7 Å². The summed E-state index contributed by atoms with van der Waals surface area (Å²) in [6.45, 7) is 4.10. The van der Waals surface area contributed by atoms with Crippen molar-refractivity contribution in [2.24, 2.45) is 0 Å². The second-order valence-corrected chi connectivity index (χ2v) is 17.4. The number of hydrogen-bond donors (Lipinski definition) is 4. The number of amides is 4. The molecule has 9 rings (SSSR count). The van der Waals surface area contributed by atoms with Crippen molar-refractivity contribution in [2.75, 3.05) is 10.6 Å². The molecule has 4 aliphatic heterocycles. The predicted molar refractivity (Wildman–Crippen MR) is 231 cm³/mol. The van der Waals surface area contributed by atoms with Gasteiger partial charge in [0.2, 0.25) is 17.7 Å². The number of nitrogens with one attached hydrogen (secondary N) is 4. The molecule has 2 spiro atoms. The van der Waals surface area contributed by atoms with Crippen molar-refractivity contribution in [3.8, 4) is 11.8 Å². The standard InChI is InChI=1S/C48H42Cl2FN5O5/c1-27-15-22-38(43(58)52-27)56-26-34-28(10-7-11-32(34)45(56)60)9-3-4-14-39(57)29-16-19-31(20-17-29)53-44(59)42-40(33-12-8-13-36(50)41(33)51)48(47(55-42)23-5-2-6-24-47)35-21-18-30(49)25-37(35)54-46(48)61/h7-8,10-13,16-21,25,38,40,42,55H,1-2,4-6,14-15,22-24,26H2,(H,52,58)(H,53,59)(H,54,61)/t38?,40-,42+,48+/m0/s1. The molecule has 4 aromatic rings. The van der Waals surface area contributed by atoms with Crippen LogP contribution >= 0.6 is 23.2 Å². The molecule has 1 unspecified atom stereocenters. The maximum atomic E-state index is 16.2. The Balaban J connectivity index is 0.917. The highest BCUT2D eigenvalue weighted by atomic mass is 35.5. The van der Waals surface area contributed by atoms with Crippen LogP contribution in [0.5, 0.6) is 0 Å². The molecule has 4 heterocycles. The average Bonchev–Trinajstić information content (AvgIpc) is 3.84. The molecule has 13 heteroatoms. The number of rotatable bonds is 7. The van der Waals surface area contributed by atoms with Gasteiger partial charge < -0.3 is 20.9 Å². The van der Waals surface area contributed by atoms with Crippen molar-refractivity contribution in [1.29, 1.82) is 0 Å². The summed E-state index contributed by atoms with van der Waals surface area (Å²) in [7, 11) is 0. The van der Waals surface area contributed by atoms with Crippen LogP contribution in [0.2, 0.25) is 10.0 Å². The fourth-order valence-electron chi connectivity index (χ4n) is 10.4. The van der Waals surface area contributed by atoms with Crippen molar-refractivity contribution in [3.63, 3.8) is 0 Å². The summed E-state index contributed by atoms with van der Waals surface area (Å²) in [5.41, 5.74) is 2.60. The summed E-state index contributed by atoms with van der Waals surface area (Å²) in [5.74, 6) is 3.19. The van der Waals surface area contributed by atoms with Gasteiger partial charge in [0.25, 0.3) is 5.91 Å². The second kappa shape index (κ2) is 15.9. The van der Waals surface area contributed by atoms with Crippen molar-refractivity contribution < 1.29 is 28.4 Å². The highest BCUT2D eigenvalue weighted by Crippen LogP contribution is 2.63. The number of carbonyl (C=O) groups excluding carboxylic acids is 5. The van der Waals surface area contributed by atoms with Crippen LogP contribution in [0.4, 0.5) is 15.8 Å². The number of ketones is 1. The highest BCUT2D eigenvalue weighted by molar-refractivity contribution is 6.31. The van der Waals surface area contributed by atoms with E-state index in [-0.39, 0.29) is 53.5 Å². The molecule has 0 aromatic heterocycles. The lowest BCUT2D eigenvalue weighted by molar-refractivity contribution is -0.126. The summed E-state index contributed by atoms with van der Waals surface area (Å²) < 4.78 is 16.2. The van der Waals surface area contributed by atoms with E-state index in [0.29, 0.717) is 70.0 Å². The number of benzene rings is 4. The number of fused-ring (bicyclic) bond motifs is 4. The van der Waals surface area contributed by atoms with E-state index in [0.717, 1.165) is 24.8 Å². The highest BCUT2D eigenvalue weighted by Gasteiger charge is 2.72. The smallest absolute Gasteiger partial charge is 0.255 e. The Kier molecular flexibility index (Phi) is 10.6. The van der Waals surface area contributed by atoms with Crippen LogP contribution in [0.1, 0.15) is 107 Å². The van der Waals surface area contributed by atoms with Gasteiger partial charge in [-0.2, -0.15) is 0 Å². The van der Waals surface area contributed by atoms with Gasteiger partial charge in [-0.05, 0) is 97.0 Å². The van der Waals surface area contributed by atoms with Crippen molar-refractivity contribution in [3.05, 3.63) is 140 Å². The molecule has 10 nitrogen and oxygen atoms in total. The van der Waals surface area contributed by atoms with Gasteiger partial charge in [0.1, 0.15) is 17.3 Å². The molecule has 2 saturated heterocycles. The third-order valence-electron chi connectivity index (χ3n) is 13.2. The molecule has 310 valence electrons. The van der Waals surface area contributed by atoms with E-state index in [1.54, 1.807) is 65.6 Å². The average molecular weight is 859 g/mol. The van der Waals surface area contributed by atoms with Gasteiger partial charge >= 0.3 is 0 Å². The minimum Gasteiger partial charge on any atom is -0.329 e. The van der Waals surface area contributed by atoms with Crippen LogP contribution < -0.4 is 21.3 Å². The van der Waals surface area contributed by atoms with E-state index >= 15 is 4.39 Å². The predicted octanol–water partition coefficient (Wildman–Crippen LogP) is 8.18. The molecule has 5 aliphatic rings. The Labute approximate surface area is 362 Å². The van der Waals surface area contributed by atoms with Gasteiger partial charge in [-0.15, -0.1) is 0 Å². The molecule has 61 heavy (non-hydrogen) atoms. The number of Topliss-reactive ketones (excluding diaryl/α,β-unsaturated/α-hetero) is 1. The van der Waals surface area contributed by atoms with Crippen LogP contribution in [-0.4, -0.2) is 51.9 Å². The third kappa shape index (κ3) is 6.82. The van der Waals surface area contributed by atoms with Gasteiger partial charge in [0.15, 0.2) is 5.78 Å². The zero-order valence-corrected chi connectivity index (χ0v) is 34.6. The lowest BCUT2D eigenvalue weighted by Crippen LogP contribution is -2.60. The molecule has 4 atom stereocenters. The van der Waals surface area contributed by atoms with E-state index in [1.807, 2.05) is 12.1 Å². The number of carbonyl (C=O) groups is 5. The van der Waals surface area contributed by atoms with E-state index in [4.69, 9.17) is 23.2 Å². The van der Waals surface area contributed by atoms with Crippen molar-refractivity contribution in [2.45, 2.75) is 93.3 Å². The zero-order chi connectivity index (χ0) is 42.6. The maximum absolute atomic E-state index is 16.2. The molecule has 3 fully saturated rings. The van der Waals surface area contributed by atoms with Crippen LogP contribution in [0.3, 0.4) is 0 Å². The molecule has 0 bridgehead atoms. The summed E-state index contributed by atoms with van der Waals surface area (Å²) >= 11 is 12.8. The van der Waals surface area contributed by atoms with Crippen molar-refractivity contribution >= 4 is 64.0 Å². The normalized spacial score (nSPS) is 23.6. The minimum atomic E-state index is -1.36. The molecule has 4 amide bonds.